The maximum absolute atomic E-state index is 11.9. The summed E-state index contributed by atoms with van der Waals surface area (Å²) >= 11 is 0. The molecule has 104 valence electrons. The Kier molecular flexibility index (Phi) is 6.72. The Balaban J connectivity index is 2.21. The SMILES string of the molecule is CCC(=O)N1CCN(C(=O)CCCCCN)CC1. The van der Waals surface area contributed by atoms with Crippen LogP contribution in [0.15, 0.2) is 0 Å². The first-order valence-electron chi connectivity index (χ1n) is 6.94. The molecule has 0 bridgehead atoms. The van der Waals surface area contributed by atoms with E-state index in [1.54, 1.807) is 0 Å². The van der Waals surface area contributed by atoms with E-state index in [0.29, 0.717) is 45.6 Å². The van der Waals surface area contributed by atoms with E-state index in [4.69, 9.17) is 5.73 Å². The number of hydrogen-bond donors (Lipinski definition) is 1. The van der Waals surface area contributed by atoms with Crippen LogP contribution in [-0.2, 0) is 9.59 Å². The maximum Gasteiger partial charge on any atom is 0.222 e. The van der Waals surface area contributed by atoms with Gasteiger partial charge in [-0.2, -0.15) is 0 Å². The number of nitrogens with zero attached hydrogens (tertiary/aromatic N) is 2. The van der Waals surface area contributed by atoms with Crippen molar-refractivity contribution in [1.29, 1.82) is 0 Å². The van der Waals surface area contributed by atoms with Crippen LogP contribution in [0.5, 0.6) is 0 Å². The fourth-order valence-electron chi connectivity index (χ4n) is 2.18. The van der Waals surface area contributed by atoms with Crippen LogP contribution in [0.2, 0.25) is 0 Å². The predicted molar refractivity (Wildman–Crippen MR) is 71.0 cm³/mol. The smallest absolute Gasteiger partial charge is 0.222 e. The van der Waals surface area contributed by atoms with E-state index in [9.17, 15) is 9.59 Å². The number of carbonyl (C=O) groups is 2. The second-order valence-corrected chi connectivity index (χ2v) is 4.71. The molecule has 18 heavy (non-hydrogen) atoms. The Morgan fingerprint density at radius 3 is 2.00 bits per heavy atom. The minimum atomic E-state index is 0.185. The van der Waals surface area contributed by atoms with E-state index < -0.39 is 0 Å². The fourth-order valence-corrected chi connectivity index (χ4v) is 2.18. The van der Waals surface area contributed by atoms with Crippen molar-refractivity contribution in [3.63, 3.8) is 0 Å². The average molecular weight is 255 g/mol. The van der Waals surface area contributed by atoms with Gasteiger partial charge >= 0.3 is 0 Å². The van der Waals surface area contributed by atoms with Gasteiger partial charge in [-0.3, -0.25) is 9.59 Å². The first-order chi connectivity index (χ1) is 8.69. The zero-order valence-electron chi connectivity index (χ0n) is 11.4. The van der Waals surface area contributed by atoms with Gasteiger partial charge in [-0.05, 0) is 19.4 Å². The molecule has 0 atom stereocenters. The minimum absolute atomic E-state index is 0.185. The molecule has 1 aliphatic heterocycles. The summed E-state index contributed by atoms with van der Waals surface area (Å²) < 4.78 is 0. The molecule has 1 fully saturated rings. The molecular formula is C13H25N3O2. The molecule has 1 aliphatic rings. The number of rotatable bonds is 6. The van der Waals surface area contributed by atoms with Gasteiger partial charge in [0.15, 0.2) is 0 Å². The Labute approximate surface area is 109 Å². The predicted octanol–water partition coefficient (Wildman–Crippen LogP) is 0.586. The fraction of sp³-hybridized carbons (Fsp3) is 0.846. The third kappa shape index (κ3) is 4.64. The minimum Gasteiger partial charge on any atom is -0.339 e. The van der Waals surface area contributed by atoms with Crippen molar-refractivity contribution in [2.24, 2.45) is 5.73 Å². The lowest BCUT2D eigenvalue weighted by atomic mass is 10.1. The number of piperazine rings is 1. The van der Waals surface area contributed by atoms with E-state index in [0.717, 1.165) is 19.3 Å². The van der Waals surface area contributed by atoms with Crippen molar-refractivity contribution >= 4 is 11.8 Å². The van der Waals surface area contributed by atoms with Gasteiger partial charge in [-0.1, -0.05) is 13.3 Å². The summed E-state index contributed by atoms with van der Waals surface area (Å²) in [5.74, 6) is 0.403. The molecule has 2 N–H and O–H groups in total. The van der Waals surface area contributed by atoms with Crippen molar-refractivity contribution < 1.29 is 9.59 Å². The van der Waals surface area contributed by atoms with Crippen molar-refractivity contribution in [2.45, 2.75) is 39.0 Å². The van der Waals surface area contributed by atoms with E-state index in [1.807, 2.05) is 16.7 Å². The third-order valence-corrected chi connectivity index (χ3v) is 3.38. The monoisotopic (exact) mass is 255 g/mol. The van der Waals surface area contributed by atoms with Gasteiger partial charge in [-0.25, -0.2) is 0 Å². The molecule has 1 rings (SSSR count). The van der Waals surface area contributed by atoms with Gasteiger partial charge in [0.2, 0.25) is 11.8 Å². The molecule has 5 nitrogen and oxygen atoms in total. The molecule has 0 radical (unpaired) electrons. The summed E-state index contributed by atoms with van der Waals surface area (Å²) in [6, 6.07) is 0. The molecule has 0 aliphatic carbocycles. The highest BCUT2D eigenvalue weighted by atomic mass is 16.2. The van der Waals surface area contributed by atoms with Crippen molar-refractivity contribution in [3.8, 4) is 0 Å². The van der Waals surface area contributed by atoms with Crippen LogP contribution in [0, 0.1) is 0 Å². The summed E-state index contributed by atoms with van der Waals surface area (Å²) in [6.45, 7) is 5.30. The van der Waals surface area contributed by atoms with Crippen LogP contribution in [0.4, 0.5) is 0 Å². The summed E-state index contributed by atoms with van der Waals surface area (Å²) in [7, 11) is 0. The Morgan fingerprint density at radius 1 is 0.944 bits per heavy atom. The van der Waals surface area contributed by atoms with E-state index in [2.05, 4.69) is 0 Å². The summed E-state index contributed by atoms with van der Waals surface area (Å²) in [5, 5.41) is 0. The normalized spacial score (nSPS) is 15.9. The quantitative estimate of drug-likeness (QED) is 0.706. The molecule has 0 saturated carbocycles. The van der Waals surface area contributed by atoms with Crippen LogP contribution < -0.4 is 5.73 Å². The number of hydrogen-bond acceptors (Lipinski definition) is 3. The van der Waals surface area contributed by atoms with Gasteiger partial charge in [-0.15, -0.1) is 0 Å². The van der Waals surface area contributed by atoms with Gasteiger partial charge in [0.1, 0.15) is 0 Å². The molecule has 0 unspecified atom stereocenters. The maximum atomic E-state index is 11.9. The third-order valence-electron chi connectivity index (χ3n) is 3.38. The number of unbranched alkanes of at least 4 members (excludes halogenated alkanes) is 2. The Hall–Kier alpha value is -1.10. The Bertz CT molecular complexity index is 273. The molecule has 0 aromatic heterocycles. The molecule has 0 aromatic rings. The van der Waals surface area contributed by atoms with Gasteiger partial charge in [0.25, 0.3) is 0 Å². The van der Waals surface area contributed by atoms with Crippen molar-refractivity contribution in [3.05, 3.63) is 0 Å². The van der Waals surface area contributed by atoms with E-state index in [-0.39, 0.29) is 11.8 Å². The first kappa shape index (κ1) is 15.0. The largest absolute Gasteiger partial charge is 0.339 e. The highest BCUT2D eigenvalue weighted by Crippen LogP contribution is 2.08. The second-order valence-electron chi connectivity index (χ2n) is 4.71. The molecule has 2 amide bonds. The van der Waals surface area contributed by atoms with E-state index in [1.165, 1.54) is 0 Å². The van der Waals surface area contributed by atoms with Crippen LogP contribution in [0.1, 0.15) is 39.0 Å². The lowest BCUT2D eigenvalue weighted by Gasteiger charge is -2.34. The summed E-state index contributed by atoms with van der Waals surface area (Å²) in [4.78, 5) is 27.1. The lowest BCUT2D eigenvalue weighted by molar-refractivity contribution is -0.139. The molecular weight excluding hydrogens is 230 g/mol. The van der Waals surface area contributed by atoms with Crippen LogP contribution >= 0.6 is 0 Å². The van der Waals surface area contributed by atoms with Crippen molar-refractivity contribution in [2.75, 3.05) is 32.7 Å². The molecule has 0 spiro atoms. The highest BCUT2D eigenvalue weighted by Gasteiger charge is 2.22. The van der Waals surface area contributed by atoms with Crippen LogP contribution in [-0.4, -0.2) is 54.3 Å². The summed E-state index contributed by atoms with van der Waals surface area (Å²) in [5.41, 5.74) is 5.41. The molecule has 1 saturated heterocycles. The van der Waals surface area contributed by atoms with Gasteiger partial charge < -0.3 is 15.5 Å². The molecule has 1 heterocycles. The van der Waals surface area contributed by atoms with Crippen LogP contribution in [0.25, 0.3) is 0 Å². The van der Waals surface area contributed by atoms with E-state index >= 15 is 0 Å². The van der Waals surface area contributed by atoms with Crippen molar-refractivity contribution in [1.82, 2.24) is 9.80 Å². The number of carbonyl (C=O) groups excluding carboxylic acids is 2. The van der Waals surface area contributed by atoms with Gasteiger partial charge in [0, 0.05) is 39.0 Å². The zero-order chi connectivity index (χ0) is 13.4. The molecule has 5 heteroatoms. The second kappa shape index (κ2) is 8.08. The highest BCUT2D eigenvalue weighted by molar-refractivity contribution is 5.78. The first-order valence-corrected chi connectivity index (χ1v) is 6.94. The topological polar surface area (TPSA) is 66.6 Å². The van der Waals surface area contributed by atoms with Gasteiger partial charge in [0.05, 0.1) is 0 Å². The van der Waals surface area contributed by atoms with Crippen LogP contribution in [0.3, 0.4) is 0 Å². The average Bonchev–Trinajstić information content (AvgIpc) is 2.42. The molecule has 0 aromatic carbocycles. The summed E-state index contributed by atoms with van der Waals surface area (Å²) in [6.07, 6.45) is 4.10. The number of amides is 2. The Morgan fingerprint density at radius 2 is 1.50 bits per heavy atom. The lowest BCUT2D eigenvalue weighted by Crippen LogP contribution is -2.50. The standard InChI is InChI=1S/C13H25N3O2/c1-2-12(17)15-8-10-16(11-9-15)13(18)6-4-3-5-7-14/h2-11,14H2,1H3. The number of nitrogens with two attached hydrogens (primary N) is 1. The zero-order valence-corrected chi connectivity index (χ0v) is 11.4.